The third kappa shape index (κ3) is 4.70. The average Bonchev–Trinajstić information content (AvgIpc) is 3.20. The molecule has 1 saturated carbocycles. The number of carbonyl (C=O) groups is 1. The maximum absolute atomic E-state index is 11.6. The first-order valence-electron chi connectivity index (χ1n) is 7.87. The first-order valence-corrected chi connectivity index (χ1v) is 11.0. The summed E-state index contributed by atoms with van der Waals surface area (Å²) in [5, 5.41) is 17.6. The molecule has 3 rings (SSSR count). The van der Waals surface area contributed by atoms with Crippen molar-refractivity contribution in [2.75, 3.05) is 19.6 Å². The highest BCUT2D eigenvalue weighted by atomic mass is 32.3. The molecule has 4 N–H and O–H groups in total. The molecule has 1 atom stereocenters. The molecule has 1 aromatic heterocycles. The van der Waals surface area contributed by atoms with E-state index in [1.54, 1.807) is 6.07 Å². The number of hydrogen-bond donors (Lipinski definition) is 3. The molecule has 134 valence electrons. The van der Waals surface area contributed by atoms with Gasteiger partial charge in [-0.3, -0.25) is 4.79 Å². The van der Waals surface area contributed by atoms with Gasteiger partial charge in [0.15, 0.2) is 0 Å². The summed E-state index contributed by atoms with van der Waals surface area (Å²) in [5.74, 6) is -0.0754. The predicted octanol–water partition coefficient (Wildman–Crippen LogP) is 1.62. The summed E-state index contributed by atoms with van der Waals surface area (Å²) < 4.78 is 26.5. The molecule has 0 unspecified atom stereocenters. The van der Waals surface area contributed by atoms with Gasteiger partial charge >= 0.3 is 5.97 Å². The zero-order valence-electron chi connectivity index (χ0n) is 13.1. The van der Waals surface area contributed by atoms with Crippen LogP contribution < -0.4 is 10.5 Å². The number of thiophene rings is 1. The van der Waals surface area contributed by atoms with E-state index in [1.807, 2.05) is 0 Å². The fourth-order valence-electron chi connectivity index (χ4n) is 2.63. The smallest absolute Gasteiger partial charge is 0.303 e. The highest BCUT2D eigenvalue weighted by Crippen LogP contribution is 2.44. The highest BCUT2D eigenvalue weighted by molar-refractivity contribution is 7.99. The molecule has 0 radical (unpaired) electrons. The quantitative estimate of drug-likeness (QED) is 0.577. The van der Waals surface area contributed by atoms with Crippen LogP contribution in [0.3, 0.4) is 0 Å². The van der Waals surface area contributed by atoms with Crippen molar-refractivity contribution in [2.24, 2.45) is 11.1 Å². The van der Waals surface area contributed by atoms with Crippen molar-refractivity contribution in [2.45, 2.75) is 40.1 Å². The molecular weight excluding hydrogens is 370 g/mol. The van der Waals surface area contributed by atoms with Gasteiger partial charge in [0, 0.05) is 25.6 Å². The summed E-state index contributed by atoms with van der Waals surface area (Å²) in [6, 6.07) is 1.74. The second kappa shape index (κ2) is 7.30. The Morgan fingerprint density at radius 1 is 1.46 bits per heavy atom. The molecule has 1 aliphatic carbocycles. The van der Waals surface area contributed by atoms with Gasteiger partial charge in [0.2, 0.25) is 10.0 Å². The highest BCUT2D eigenvalue weighted by Gasteiger charge is 2.31. The summed E-state index contributed by atoms with van der Waals surface area (Å²) in [6.07, 6.45) is 3.20. The molecule has 2 heterocycles. The minimum absolute atomic E-state index is 0.0541. The molecular formula is C14H21N3O4S3. The standard InChI is InChI=1S/C14H21N3O4S3/c15-24(20,21)13-6-10-11(16-7-9-3-4-9)8-17(23-14(10)22-13)5-1-2-12(18)19/h6,9,11,16H,1-5,7-8H2,(H,18,19)(H2,15,20,21)/t11-/m0/s1. The van der Waals surface area contributed by atoms with Crippen LogP contribution in [0.15, 0.2) is 14.5 Å². The summed E-state index contributed by atoms with van der Waals surface area (Å²) >= 11 is 2.69. The maximum atomic E-state index is 11.6. The van der Waals surface area contributed by atoms with Gasteiger partial charge < -0.3 is 10.4 Å². The Hall–Kier alpha value is -0.650. The molecule has 1 fully saturated rings. The van der Waals surface area contributed by atoms with Crippen molar-refractivity contribution < 1.29 is 18.3 Å². The number of hydrogen-bond acceptors (Lipinski definition) is 7. The number of carboxylic acids is 1. The summed E-state index contributed by atoms with van der Waals surface area (Å²) in [6.45, 7) is 2.31. The lowest BCUT2D eigenvalue weighted by Crippen LogP contribution is -2.36. The summed E-state index contributed by atoms with van der Waals surface area (Å²) in [7, 11) is -3.70. The number of nitrogens with zero attached hydrogens (tertiary/aromatic N) is 1. The first kappa shape index (κ1) is 18.2. The number of sulfonamides is 1. The summed E-state index contributed by atoms with van der Waals surface area (Å²) in [4.78, 5) is 10.7. The third-order valence-corrected chi connectivity index (χ3v) is 7.94. The fraction of sp³-hybridized carbons (Fsp3) is 0.643. The van der Waals surface area contributed by atoms with Crippen LogP contribution in [0.1, 0.15) is 37.3 Å². The third-order valence-electron chi connectivity index (χ3n) is 4.10. The van der Waals surface area contributed by atoms with Gasteiger partial charge in [-0.2, -0.15) is 0 Å². The van der Waals surface area contributed by atoms with E-state index in [0.29, 0.717) is 13.0 Å². The zero-order chi connectivity index (χ0) is 17.3. The van der Waals surface area contributed by atoms with Crippen LogP contribution in [0.25, 0.3) is 0 Å². The van der Waals surface area contributed by atoms with Crippen molar-refractivity contribution in [1.82, 2.24) is 9.62 Å². The lowest BCUT2D eigenvalue weighted by Gasteiger charge is -2.32. The molecule has 0 aromatic carbocycles. The van der Waals surface area contributed by atoms with E-state index in [1.165, 1.54) is 36.1 Å². The van der Waals surface area contributed by atoms with Crippen LogP contribution in [-0.4, -0.2) is 43.4 Å². The SMILES string of the molecule is NS(=O)(=O)c1cc2c(s1)SN(CCCC(=O)O)C[C@@H]2NCC1CC1. The second-order valence-electron chi connectivity index (χ2n) is 6.23. The van der Waals surface area contributed by atoms with Gasteiger partial charge in [-0.1, -0.05) is 0 Å². The normalized spacial score (nSPS) is 21.6. The van der Waals surface area contributed by atoms with E-state index in [0.717, 1.165) is 28.8 Å². The fourth-order valence-corrected chi connectivity index (χ4v) is 6.20. The van der Waals surface area contributed by atoms with Gasteiger partial charge in [-0.15, -0.1) is 11.3 Å². The molecule has 0 spiro atoms. The predicted molar refractivity (Wildman–Crippen MR) is 93.5 cm³/mol. The molecule has 0 saturated heterocycles. The van der Waals surface area contributed by atoms with Crippen LogP contribution in [0.5, 0.6) is 0 Å². The van der Waals surface area contributed by atoms with Gasteiger partial charge in [0.1, 0.15) is 4.21 Å². The van der Waals surface area contributed by atoms with E-state index in [9.17, 15) is 13.2 Å². The minimum atomic E-state index is -3.70. The number of nitrogens with one attached hydrogen (secondary N) is 1. The van der Waals surface area contributed by atoms with Crippen molar-refractivity contribution in [3.05, 3.63) is 11.6 Å². The van der Waals surface area contributed by atoms with Crippen molar-refractivity contribution >= 4 is 39.3 Å². The van der Waals surface area contributed by atoms with E-state index in [4.69, 9.17) is 10.2 Å². The molecule has 24 heavy (non-hydrogen) atoms. The maximum Gasteiger partial charge on any atom is 0.303 e. The van der Waals surface area contributed by atoms with Gasteiger partial charge in [-0.05, 0) is 55.3 Å². The Labute approximate surface area is 149 Å². The monoisotopic (exact) mass is 391 g/mol. The Morgan fingerprint density at radius 3 is 2.83 bits per heavy atom. The van der Waals surface area contributed by atoms with Crippen LogP contribution in [0.4, 0.5) is 0 Å². The van der Waals surface area contributed by atoms with E-state index in [2.05, 4.69) is 9.62 Å². The lowest BCUT2D eigenvalue weighted by molar-refractivity contribution is -0.137. The molecule has 7 nitrogen and oxygen atoms in total. The van der Waals surface area contributed by atoms with Gasteiger partial charge in [-0.25, -0.2) is 17.9 Å². The number of primary sulfonamides is 1. The summed E-state index contributed by atoms with van der Waals surface area (Å²) in [5.41, 5.74) is 0.990. The number of fused-ring (bicyclic) bond motifs is 1. The largest absolute Gasteiger partial charge is 0.481 e. The number of aliphatic carboxylic acids is 1. The van der Waals surface area contributed by atoms with Gasteiger partial charge in [0.25, 0.3) is 0 Å². The number of rotatable bonds is 8. The average molecular weight is 392 g/mol. The van der Waals surface area contributed by atoms with Crippen molar-refractivity contribution in [3.8, 4) is 0 Å². The molecule has 1 aliphatic heterocycles. The van der Waals surface area contributed by atoms with Crippen LogP contribution in [-0.2, 0) is 14.8 Å². The molecule has 1 aromatic rings. The minimum Gasteiger partial charge on any atom is -0.481 e. The topological polar surface area (TPSA) is 113 Å². The Balaban J connectivity index is 1.73. The van der Waals surface area contributed by atoms with Gasteiger partial charge in [0.05, 0.1) is 4.21 Å². The second-order valence-corrected chi connectivity index (χ2v) is 10.4. The van der Waals surface area contributed by atoms with Crippen molar-refractivity contribution in [1.29, 1.82) is 0 Å². The van der Waals surface area contributed by atoms with E-state index >= 15 is 0 Å². The Morgan fingerprint density at radius 2 is 2.21 bits per heavy atom. The molecule has 2 aliphatic rings. The van der Waals surface area contributed by atoms with Crippen LogP contribution >= 0.6 is 23.3 Å². The Bertz CT molecular complexity index is 715. The molecule has 10 heteroatoms. The van der Waals surface area contributed by atoms with Crippen molar-refractivity contribution in [3.63, 3.8) is 0 Å². The zero-order valence-corrected chi connectivity index (χ0v) is 15.6. The lowest BCUT2D eigenvalue weighted by atomic mass is 10.1. The number of carboxylic acid groups (broad SMARTS) is 1. The van der Waals surface area contributed by atoms with E-state index in [-0.39, 0.29) is 16.7 Å². The van der Waals surface area contributed by atoms with E-state index < -0.39 is 16.0 Å². The van der Waals surface area contributed by atoms with Crippen LogP contribution in [0, 0.1) is 5.92 Å². The molecule has 0 bridgehead atoms. The number of nitrogens with two attached hydrogens (primary N) is 1. The molecule has 0 amide bonds. The Kier molecular flexibility index (Phi) is 5.52. The van der Waals surface area contributed by atoms with Crippen LogP contribution in [0.2, 0.25) is 0 Å². The first-order chi connectivity index (χ1) is 11.3.